The van der Waals surface area contributed by atoms with Crippen LogP contribution in [-0.2, 0) is 33.2 Å². The number of hydrogen-bond donors (Lipinski definition) is 0. The summed E-state index contributed by atoms with van der Waals surface area (Å²) in [4.78, 5) is 32.8. The monoisotopic (exact) mass is 276 g/mol. The lowest BCUT2D eigenvalue weighted by Gasteiger charge is -2.15. The summed E-state index contributed by atoms with van der Waals surface area (Å²) in [6.45, 7) is 0.969. The van der Waals surface area contributed by atoms with Crippen LogP contribution in [0.3, 0.4) is 0 Å². The van der Waals surface area contributed by atoms with Gasteiger partial charge in [0, 0.05) is 6.92 Å². The Kier molecular flexibility index (Phi) is 3.74. The highest BCUT2D eigenvalue weighted by atomic mass is 16.8. The topological polar surface area (TPSA) is 107 Å². The van der Waals surface area contributed by atoms with E-state index in [1.807, 2.05) is 0 Å². The Morgan fingerprint density at radius 2 is 1.95 bits per heavy atom. The van der Waals surface area contributed by atoms with Crippen molar-refractivity contribution in [1.82, 2.24) is 0 Å². The number of hydrogen-bond acceptors (Lipinski definition) is 9. The maximum atomic E-state index is 11.1. The lowest BCUT2D eigenvalue weighted by atomic mass is 10.1. The molecule has 2 aliphatic heterocycles. The van der Waals surface area contributed by atoms with Gasteiger partial charge in [0.05, 0.1) is 7.11 Å². The van der Waals surface area contributed by atoms with Gasteiger partial charge in [-0.3, -0.25) is 4.79 Å². The summed E-state index contributed by atoms with van der Waals surface area (Å²) < 4.78 is 28.8. The summed E-state index contributed by atoms with van der Waals surface area (Å²) in [5.41, 5.74) is 0. The number of fused-ring (bicyclic) bond motifs is 1. The fourth-order valence-corrected chi connectivity index (χ4v) is 1.81. The predicted molar refractivity (Wildman–Crippen MR) is 53.9 cm³/mol. The molecule has 19 heavy (non-hydrogen) atoms. The van der Waals surface area contributed by atoms with E-state index in [4.69, 9.17) is 23.7 Å². The average molecular weight is 276 g/mol. The standard InChI is InChI=1S/C10H12O9/c1-4(11)16-8-7-6(18-10(13)19-7)5(17-8)3-15-9(12)14-2/h5-8H,3H2,1-2H3/t5-,6+,7+,8+/m0/s1. The van der Waals surface area contributed by atoms with Gasteiger partial charge >= 0.3 is 18.3 Å². The van der Waals surface area contributed by atoms with E-state index in [2.05, 4.69) is 4.74 Å². The van der Waals surface area contributed by atoms with Gasteiger partial charge in [-0.1, -0.05) is 0 Å². The molecular weight excluding hydrogens is 264 g/mol. The van der Waals surface area contributed by atoms with Gasteiger partial charge < -0.3 is 28.4 Å². The molecule has 0 aliphatic carbocycles. The fourth-order valence-electron chi connectivity index (χ4n) is 1.81. The highest BCUT2D eigenvalue weighted by Crippen LogP contribution is 2.32. The van der Waals surface area contributed by atoms with Crippen LogP contribution < -0.4 is 0 Å². The van der Waals surface area contributed by atoms with Gasteiger partial charge in [-0.25, -0.2) is 9.59 Å². The van der Waals surface area contributed by atoms with Crippen LogP contribution in [0.5, 0.6) is 0 Å². The second kappa shape index (κ2) is 5.31. The van der Waals surface area contributed by atoms with Gasteiger partial charge in [-0.2, -0.15) is 0 Å². The molecule has 0 radical (unpaired) electrons. The van der Waals surface area contributed by atoms with Crippen LogP contribution in [0.4, 0.5) is 9.59 Å². The summed E-state index contributed by atoms with van der Waals surface area (Å²) in [6.07, 6.45) is -5.34. The second-order valence-electron chi connectivity index (χ2n) is 3.83. The highest BCUT2D eigenvalue weighted by molar-refractivity contribution is 5.67. The summed E-state index contributed by atoms with van der Waals surface area (Å²) in [5, 5.41) is 0. The molecule has 0 amide bonds. The molecular formula is C10H12O9. The Morgan fingerprint density at radius 1 is 1.26 bits per heavy atom. The SMILES string of the molecule is COC(=O)OC[C@@H]1O[C@@H](OC(C)=O)[C@@H]2OC(=O)O[C@@H]21. The zero-order valence-electron chi connectivity index (χ0n) is 10.2. The van der Waals surface area contributed by atoms with E-state index in [0.717, 1.165) is 7.11 Å². The van der Waals surface area contributed by atoms with Crippen molar-refractivity contribution in [1.29, 1.82) is 0 Å². The molecule has 0 aromatic carbocycles. The maximum absolute atomic E-state index is 11.1. The number of esters is 1. The molecule has 2 rings (SSSR count). The maximum Gasteiger partial charge on any atom is 0.509 e. The third-order valence-electron chi connectivity index (χ3n) is 2.55. The highest BCUT2D eigenvalue weighted by Gasteiger charge is 2.56. The molecule has 2 heterocycles. The molecule has 0 N–H and O–H groups in total. The van der Waals surface area contributed by atoms with Crippen LogP contribution in [0.15, 0.2) is 0 Å². The Labute approximate surface area is 107 Å². The average Bonchev–Trinajstić information content (AvgIpc) is 2.85. The molecule has 4 atom stereocenters. The zero-order chi connectivity index (χ0) is 14.0. The van der Waals surface area contributed by atoms with Crippen molar-refractivity contribution in [2.24, 2.45) is 0 Å². The number of rotatable bonds is 3. The van der Waals surface area contributed by atoms with E-state index in [-0.39, 0.29) is 6.61 Å². The normalized spacial score (nSPS) is 32.0. The van der Waals surface area contributed by atoms with Crippen LogP contribution in [0.1, 0.15) is 6.92 Å². The van der Waals surface area contributed by atoms with E-state index in [1.54, 1.807) is 0 Å². The minimum absolute atomic E-state index is 0.220. The zero-order valence-corrected chi connectivity index (χ0v) is 10.2. The number of methoxy groups -OCH3 is 1. The van der Waals surface area contributed by atoms with Crippen molar-refractivity contribution in [3.05, 3.63) is 0 Å². The third-order valence-corrected chi connectivity index (χ3v) is 2.55. The fraction of sp³-hybridized carbons (Fsp3) is 0.700. The van der Waals surface area contributed by atoms with Crippen LogP contribution in [0.25, 0.3) is 0 Å². The van der Waals surface area contributed by atoms with E-state index in [1.165, 1.54) is 6.92 Å². The first-order chi connectivity index (χ1) is 9.01. The van der Waals surface area contributed by atoms with Crippen molar-refractivity contribution >= 4 is 18.3 Å². The molecule has 2 aliphatic rings. The van der Waals surface area contributed by atoms with E-state index < -0.39 is 42.9 Å². The molecule has 9 heteroatoms. The van der Waals surface area contributed by atoms with Gasteiger partial charge in [-0.05, 0) is 0 Å². The number of ether oxygens (including phenoxy) is 6. The summed E-state index contributed by atoms with van der Waals surface area (Å²) in [6, 6.07) is 0. The molecule has 0 aromatic heterocycles. The summed E-state index contributed by atoms with van der Waals surface area (Å²) >= 11 is 0. The quantitative estimate of drug-likeness (QED) is 0.518. The Balaban J connectivity index is 1.98. The van der Waals surface area contributed by atoms with Crippen molar-refractivity contribution in [2.45, 2.75) is 31.5 Å². The van der Waals surface area contributed by atoms with Crippen LogP contribution in [0, 0.1) is 0 Å². The molecule has 2 saturated heterocycles. The number of carbonyl (C=O) groups is 3. The van der Waals surface area contributed by atoms with Gasteiger partial charge in [0.25, 0.3) is 0 Å². The lowest BCUT2D eigenvalue weighted by Crippen LogP contribution is -2.33. The Morgan fingerprint density at radius 3 is 2.58 bits per heavy atom. The second-order valence-corrected chi connectivity index (χ2v) is 3.83. The van der Waals surface area contributed by atoms with Crippen LogP contribution >= 0.6 is 0 Å². The minimum atomic E-state index is -1.08. The van der Waals surface area contributed by atoms with Gasteiger partial charge in [0.15, 0.2) is 6.10 Å². The van der Waals surface area contributed by atoms with Crippen LogP contribution in [-0.4, -0.2) is 56.6 Å². The van der Waals surface area contributed by atoms with Crippen molar-refractivity contribution < 1.29 is 42.8 Å². The smallest absolute Gasteiger partial charge is 0.438 e. The lowest BCUT2D eigenvalue weighted by molar-refractivity contribution is -0.189. The van der Waals surface area contributed by atoms with E-state index in [9.17, 15) is 14.4 Å². The third kappa shape index (κ3) is 2.87. The van der Waals surface area contributed by atoms with E-state index in [0.29, 0.717) is 0 Å². The van der Waals surface area contributed by atoms with E-state index >= 15 is 0 Å². The van der Waals surface area contributed by atoms with Crippen molar-refractivity contribution in [3.8, 4) is 0 Å². The first kappa shape index (κ1) is 13.4. The van der Waals surface area contributed by atoms with Gasteiger partial charge in [-0.15, -0.1) is 0 Å². The van der Waals surface area contributed by atoms with Gasteiger partial charge in [0.2, 0.25) is 12.4 Å². The molecule has 0 bridgehead atoms. The first-order valence-electron chi connectivity index (χ1n) is 5.42. The Bertz CT molecular complexity index is 392. The molecule has 0 unspecified atom stereocenters. The summed E-state index contributed by atoms with van der Waals surface area (Å²) in [5.74, 6) is -0.596. The van der Waals surface area contributed by atoms with Crippen LogP contribution in [0.2, 0.25) is 0 Å². The molecule has 2 fully saturated rings. The summed E-state index contributed by atoms with van der Waals surface area (Å²) in [7, 11) is 1.15. The Hall–Kier alpha value is -2.03. The predicted octanol–water partition coefficient (Wildman–Crippen LogP) is -0.0386. The molecule has 0 saturated carbocycles. The molecule has 106 valence electrons. The van der Waals surface area contributed by atoms with Gasteiger partial charge in [0.1, 0.15) is 12.7 Å². The minimum Gasteiger partial charge on any atom is -0.438 e. The van der Waals surface area contributed by atoms with Crippen molar-refractivity contribution in [3.63, 3.8) is 0 Å². The molecule has 0 spiro atoms. The first-order valence-corrected chi connectivity index (χ1v) is 5.42. The largest absolute Gasteiger partial charge is 0.509 e. The molecule has 0 aromatic rings. The number of carbonyl (C=O) groups excluding carboxylic acids is 3. The van der Waals surface area contributed by atoms with Crippen molar-refractivity contribution in [2.75, 3.05) is 13.7 Å². The molecule has 9 nitrogen and oxygen atoms in total.